The van der Waals surface area contributed by atoms with Gasteiger partial charge in [-0.1, -0.05) is 42.5 Å². The Bertz CT molecular complexity index is 996. The molecule has 0 radical (unpaired) electrons. The van der Waals surface area contributed by atoms with Crippen molar-refractivity contribution in [1.29, 1.82) is 0 Å². The van der Waals surface area contributed by atoms with Crippen molar-refractivity contribution in [3.8, 4) is 22.5 Å². The molecular formula is C19H17N3S. The zero-order valence-electron chi connectivity index (χ0n) is 13.1. The van der Waals surface area contributed by atoms with Gasteiger partial charge in [-0.3, -0.25) is 4.40 Å². The summed E-state index contributed by atoms with van der Waals surface area (Å²) in [4.78, 5) is 5.68. The van der Waals surface area contributed by atoms with Crippen molar-refractivity contribution in [2.24, 2.45) is 0 Å². The van der Waals surface area contributed by atoms with E-state index in [1.165, 1.54) is 11.1 Å². The SMILES string of the molecule is Cc1ccc(-c2nc3scc(-c4ccccc4)n3c2N)cc1C. The van der Waals surface area contributed by atoms with E-state index in [0.29, 0.717) is 5.82 Å². The zero-order chi connectivity index (χ0) is 16.0. The molecular weight excluding hydrogens is 302 g/mol. The number of nitrogen functional groups attached to an aromatic ring is 1. The summed E-state index contributed by atoms with van der Waals surface area (Å²) < 4.78 is 2.05. The van der Waals surface area contributed by atoms with E-state index in [9.17, 15) is 0 Å². The molecule has 0 atom stereocenters. The van der Waals surface area contributed by atoms with Gasteiger partial charge in [0.05, 0.1) is 5.69 Å². The Hall–Kier alpha value is -2.59. The van der Waals surface area contributed by atoms with Crippen LogP contribution in [0.2, 0.25) is 0 Å². The summed E-state index contributed by atoms with van der Waals surface area (Å²) in [5.41, 5.74) is 13.1. The second-order valence-corrected chi connectivity index (χ2v) is 6.59. The lowest BCUT2D eigenvalue weighted by Gasteiger charge is -2.05. The normalized spacial score (nSPS) is 11.2. The molecule has 0 unspecified atom stereocenters. The van der Waals surface area contributed by atoms with Crippen molar-refractivity contribution in [2.45, 2.75) is 13.8 Å². The first-order chi connectivity index (χ1) is 11.1. The van der Waals surface area contributed by atoms with Crippen LogP contribution in [0.3, 0.4) is 0 Å². The number of benzene rings is 2. The first-order valence-electron chi connectivity index (χ1n) is 7.53. The molecule has 0 aliphatic carbocycles. The van der Waals surface area contributed by atoms with Gasteiger partial charge in [0.2, 0.25) is 0 Å². The summed E-state index contributed by atoms with van der Waals surface area (Å²) in [5, 5.41) is 2.11. The molecule has 0 spiro atoms. The van der Waals surface area contributed by atoms with Crippen molar-refractivity contribution >= 4 is 22.1 Å². The van der Waals surface area contributed by atoms with Crippen LogP contribution in [-0.2, 0) is 0 Å². The number of hydrogen-bond acceptors (Lipinski definition) is 3. The van der Waals surface area contributed by atoms with E-state index in [1.807, 2.05) is 22.6 Å². The molecule has 0 saturated carbocycles. The standard InChI is InChI=1S/C19H17N3S/c1-12-8-9-15(10-13(12)2)17-18(20)22-16(11-23-19(22)21-17)14-6-4-3-5-7-14/h3-11H,20H2,1-2H3. The molecule has 3 nitrogen and oxygen atoms in total. The van der Waals surface area contributed by atoms with Crippen LogP contribution in [0.5, 0.6) is 0 Å². The second-order valence-electron chi connectivity index (χ2n) is 5.75. The van der Waals surface area contributed by atoms with E-state index < -0.39 is 0 Å². The van der Waals surface area contributed by atoms with Gasteiger partial charge in [0.1, 0.15) is 11.5 Å². The van der Waals surface area contributed by atoms with Gasteiger partial charge in [-0.15, -0.1) is 11.3 Å². The number of aromatic nitrogens is 2. The summed E-state index contributed by atoms with van der Waals surface area (Å²) >= 11 is 1.62. The quantitative estimate of drug-likeness (QED) is 0.569. The third-order valence-corrected chi connectivity index (χ3v) is 5.07. The molecule has 0 bridgehead atoms. The smallest absolute Gasteiger partial charge is 0.196 e. The Balaban J connectivity index is 1.92. The Kier molecular flexibility index (Phi) is 3.20. The van der Waals surface area contributed by atoms with Crippen molar-refractivity contribution in [1.82, 2.24) is 9.38 Å². The Morgan fingerprint density at radius 2 is 1.74 bits per heavy atom. The molecule has 0 fully saturated rings. The van der Waals surface area contributed by atoms with Crippen LogP contribution < -0.4 is 5.73 Å². The van der Waals surface area contributed by atoms with Gasteiger partial charge in [0.15, 0.2) is 4.96 Å². The largest absolute Gasteiger partial charge is 0.383 e. The van der Waals surface area contributed by atoms with E-state index in [4.69, 9.17) is 10.7 Å². The van der Waals surface area contributed by atoms with Crippen LogP contribution in [-0.4, -0.2) is 9.38 Å². The summed E-state index contributed by atoms with van der Waals surface area (Å²) in [6.45, 7) is 4.23. The molecule has 0 aliphatic rings. The average molecular weight is 319 g/mol. The van der Waals surface area contributed by atoms with E-state index in [0.717, 1.165) is 27.5 Å². The van der Waals surface area contributed by atoms with Gasteiger partial charge in [-0.05, 0) is 36.6 Å². The van der Waals surface area contributed by atoms with E-state index in [-0.39, 0.29) is 0 Å². The predicted molar refractivity (Wildman–Crippen MR) is 97.8 cm³/mol. The zero-order valence-corrected chi connectivity index (χ0v) is 13.9. The maximum atomic E-state index is 6.45. The van der Waals surface area contributed by atoms with E-state index in [1.54, 1.807) is 11.3 Å². The van der Waals surface area contributed by atoms with Crippen LogP contribution in [0.25, 0.3) is 27.5 Å². The third kappa shape index (κ3) is 2.23. The number of rotatable bonds is 2. The molecule has 2 N–H and O–H groups in total. The number of anilines is 1. The molecule has 2 heterocycles. The fourth-order valence-electron chi connectivity index (χ4n) is 2.79. The molecule has 4 heteroatoms. The summed E-state index contributed by atoms with van der Waals surface area (Å²) in [6, 6.07) is 16.6. The highest BCUT2D eigenvalue weighted by Crippen LogP contribution is 2.34. The van der Waals surface area contributed by atoms with Crippen LogP contribution in [0, 0.1) is 13.8 Å². The van der Waals surface area contributed by atoms with Gasteiger partial charge < -0.3 is 5.73 Å². The monoisotopic (exact) mass is 319 g/mol. The Morgan fingerprint density at radius 3 is 2.48 bits per heavy atom. The van der Waals surface area contributed by atoms with Gasteiger partial charge in [0.25, 0.3) is 0 Å². The number of imidazole rings is 1. The summed E-state index contributed by atoms with van der Waals surface area (Å²) in [7, 11) is 0. The second kappa shape index (κ2) is 5.25. The van der Waals surface area contributed by atoms with E-state index in [2.05, 4.69) is 49.6 Å². The van der Waals surface area contributed by atoms with Crippen molar-refractivity contribution in [3.05, 3.63) is 65.0 Å². The van der Waals surface area contributed by atoms with Crippen LogP contribution in [0.1, 0.15) is 11.1 Å². The molecule has 0 saturated heterocycles. The minimum Gasteiger partial charge on any atom is -0.383 e. The van der Waals surface area contributed by atoms with Crippen molar-refractivity contribution < 1.29 is 0 Å². The molecule has 114 valence electrons. The molecule has 23 heavy (non-hydrogen) atoms. The molecule has 2 aromatic carbocycles. The highest BCUT2D eigenvalue weighted by Gasteiger charge is 2.16. The van der Waals surface area contributed by atoms with Gasteiger partial charge >= 0.3 is 0 Å². The summed E-state index contributed by atoms with van der Waals surface area (Å²) in [5.74, 6) is 0.698. The lowest BCUT2D eigenvalue weighted by molar-refractivity contribution is 1.24. The van der Waals surface area contributed by atoms with Gasteiger partial charge in [-0.2, -0.15) is 0 Å². The average Bonchev–Trinajstić information content (AvgIpc) is 3.12. The highest BCUT2D eigenvalue weighted by atomic mass is 32.1. The van der Waals surface area contributed by atoms with Gasteiger partial charge in [-0.25, -0.2) is 4.98 Å². The number of nitrogens with zero attached hydrogens (tertiary/aromatic N) is 2. The van der Waals surface area contributed by atoms with Crippen molar-refractivity contribution in [3.63, 3.8) is 0 Å². The molecule has 0 aliphatic heterocycles. The molecule has 4 rings (SSSR count). The van der Waals surface area contributed by atoms with E-state index >= 15 is 0 Å². The first kappa shape index (κ1) is 14.0. The van der Waals surface area contributed by atoms with Crippen molar-refractivity contribution in [2.75, 3.05) is 5.73 Å². The number of hydrogen-bond donors (Lipinski definition) is 1. The first-order valence-corrected chi connectivity index (χ1v) is 8.41. The number of thiazole rings is 1. The molecule has 2 aromatic heterocycles. The van der Waals surface area contributed by atoms with Crippen LogP contribution in [0.4, 0.5) is 5.82 Å². The topological polar surface area (TPSA) is 43.3 Å². The fraction of sp³-hybridized carbons (Fsp3) is 0.105. The Labute approximate surface area is 139 Å². The summed E-state index contributed by atoms with van der Waals surface area (Å²) in [6.07, 6.45) is 0. The minimum absolute atomic E-state index is 0.698. The predicted octanol–water partition coefficient (Wildman–Crippen LogP) is 4.93. The Morgan fingerprint density at radius 1 is 0.957 bits per heavy atom. The lowest BCUT2D eigenvalue weighted by Crippen LogP contribution is -1.95. The highest BCUT2D eigenvalue weighted by molar-refractivity contribution is 7.15. The minimum atomic E-state index is 0.698. The maximum Gasteiger partial charge on any atom is 0.196 e. The number of nitrogens with two attached hydrogens (primary N) is 1. The number of aryl methyl sites for hydroxylation is 2. The molecule has 4 aromatic rings. The van der Waals surface area contributed by atoms with Crippen LogP contribution in [0.15, 0.2) is 53.9 Å². The molecule has 0 amide bonds. The van der Waals surface area contributed by atoms with Crippen LogP contribution >= 0.6 is 11.3 Å². The fourth-order valence-corrected chi connectivity index (χ4v) is 3.70. The van der Waals surface area contributed by atoms with Gasteiger partial charge in [0, 0.05) is 10.9 Å². The number of fused-ring (bicyclic) bond motifs is 1. The third-order valence-electron chi connectivity index (χ3n) is 4.25. The lowest BCUT2D eigenvalue weighted by atomic mass is 10.0. The maximum absolute atomic E-state index is 6.45.